The molecule has 6 nitrogen and oxygen atoms in total. The first kappa shape index (κ1) is 19.4. The summed E-state index contributed by atoms with van der Waals surface area (Å²) in [4.78, 5) is 16.0. The molecule has 0 saturated heterocycles. The van der Waals surface area contributed by atoms with Crippen LogP contribution in [0.1, 0.15) is 17.0 Å². The molecule has 2 aromatic carbocycles. The summed E-state index contributed by atoms with van der Waals surface area (Å²) in [6.45, 7) is -0.277. The van der Waals surface area contributed by atoms with Crippen molar-refractivity contribution in [1.82, 2.24) is 10.1 Å². The highest BCUT2D eigenvalue weighted by Crippen LogP contribution is 2.29. The molecule has 0 N–H and O–H groups in total. The highest BCUT2D eigenvalue weighted by atomic mass is 19.4. The summed E-state index contributed by atoms with van der Waals surface area (Å²) in [6, 6.07) is 11.5. The van der Waals surface area contributed by atoms with Crippen LogP contribution < -0.4 is 4.74 Å². The zero-order valence-electron chi connectivity index (χ0n) is 14.7. The van der Waals surface area contributed by atoms with Crippen molar-refractivity contribution in [2.75, 3.05) is 7.11 Å². The molecule has 0 unspecified atom stereocenters. The van der Waals surface area contributed by atoms with E-state index in [1.165, 1.54) is 12.1 Å². The molecule has 3 aromatic rings. The average Bonchev–Trinajstić information content (AvgIpc) is 3.15. The predicted molar refractivity (Wildman–Crippen MR) is 91.2 cm³/mol. The van der Waals surface area contributed by atoms with Crippen LogP contribution in [0.4, 0.5) is 13.2 Å². The molecule has 0 fully saturated rings. The van der Waals surface area contributed by atoms with Crippen LogP contribution in [-0.2, 0) is 28.7 Å². The fraction of sp³-hybridized carbons (Fsp3) is 0.211. The highest BCUT2D eigenvalue weighted by molar-refractivity contribution is 5.72. The first-order valence-electron chi connectivity index (χ1n) is 8.14. The maximum Gasteiger partial charge on any atom is 0.416 e. The Balaban J connectivity index is 1.57. The van der Waals surface area contributed by atoms with Gasteiger partial charge in [-0.3, -0.25) is 4.79 Å². The molecule has 1 heterocycles. The number of alkyl halides is 3. The molecule has 1 aromatic heterocycles. The fourth-order valence-corrected chi connectivity index (χ4v) is 2.39. The monoisotopic (exact) mass is 392 g/mol. The van der Waals surface area contributed by atoms with Gasteiger partial charge in [0, 0.05) is 5.56 Å². The van der Waals surface area contributed by atoms with Crippen LogP contribution in [0.25, 0.3) is 11.4 Å². The van der Waals surface area contributed by atoms with Crippen LogP contribution >= 0.6 is 0 Å². The van der Waals surface area contributed by atoms with E-state index in [1.54, 1.807) is 31.4 Å². The van der Waals surface area contributed by atoms with E-state index in [0.717, 1.165) is 12.1 Å². The first-order chi connectivity index (χ1) is 13.3. The Morgan fingerprint density at radius 2 is 1.89 bits per heavy atom. The second-order valence-corrected chi connectivity index (χ2v) is 5.78. The number of carbonyl (C=O) groups excluding carboxylic acids is 1. The number of ether oxygens (including phenoxy) is 2. The summed E-state index contributed by atoms with van der Waals surface area (Å²) in [5, 5.41) is 3.80. The van der Waals surface area contributed by atoms with E-state index in [2.05, 4.69) is 10.1 Å². The van der Waals surface area contributed by atoms with Crippen molar-refractivity contribution >= 4 is 5.97 Å². The highest BCUT2D eigenvalue weighted by Gasteiger charge is 2.30. The van der Waals surface area contributed by atoms with Crippen molar-refractivity contribution in [3.05, 3.63) is 65.5 Å². The lowest BCUT2D eigenvalue weighted by molar-refractivity contribution is -0.145. The third-order valence-electron chi connectivity index (χ3n) is 3.78. The number of carbonyl (C=O) groups is 1. The molecular weight excluding hydrogens is 377 g/mol. The average molecular weight is 392 g/mol. The summed E-state index contributed by atoms with van der Waals surface area (Å²) < 4.78 is 53.2. The minimum atomic E-state index is -4.47. The van der Waals surface area contributed by atoms with Crippen molar-refractivity contribution < 1.29 is 32.0 Å². The van der Waals surface area contributed by atoms with Gasteiger partial charge in [0.2, 0.25) is 5.82 Å². The number of methoxy groups -OCH3 is 1. The van der Waals surface area contributed by atoms with Gasteiger partial charge in [-0.2, -0.15) is 18.2 Å². The molecule has 0 radical (unpaired) electrons. The number of esters is 1. The molecule has 0 spiro atoms. The zero-order chi connectivity index (χ0) is 20.1. The van der Waals surface area contributed by atoms with Crippen LogP contribution in [0, 0.1) is 0 Å². The van der Waals surface area contributed by atoms with Crippen LogP contribution in [0.3, 0.4) is 0 Å². The van der Waals surface area contributed by atoms with Gasteiger partial charge in [-0.25, -0.2) is 0 Å². The number of hydrogen-bond donors (Lipinski definition) is 0. The first-order valence-corrected chi connectivity index (χ1v) is 8.14. The van der Waals surface area contributed by atoms with E-state index < -0.39 is 17.7 Å². The van der Waals surface area contributed by atoms with Gasteiger partial charge in [-0.1, -0.05) is 23.4 Å². The molecule has 9 heteroatoms. The van der Waals surface area contributed by atoms with E-state index in [0.29, 0.717) is 17.1 Å². The molecular formula is C19H15F3N2O4. The van der Waals surface area contributed by atoms with E-state index in [-0.39, 0.29) is 24.5 Å². The minimum Gasteiger partial charge on any atom is -0.497 e. The molecule has 28 heavy (non-hydrogen) atoms. The van der Waals surface area contributed by atoms with Crippen molar-refractivity contribution in [2.45, 2.75) is 19.2 Å². The maximum absolute atomic E-state index is 12.7. The normalized spacial score (nSPS) is 11.3. The van der Waals surface area contributed by atoms with Crippen molar-refractivity contribution in [3.8, 4) is 17.1 Å². The lowest BCUT2D eigenvalue weighted by atomic mass is 10.1. The number of nitrogens with zero attached hydrogens (tertiary/aromatic N) is 2. The van der Waals surface area contributed by atoms with Crippen LogP contribution in [0.5, 0.6) is 5.75 Å². The lowest BCUT2D eigenvalue weighted by Crippen LogP contribution is -2.10. The second-order valence-electron chi connectivity index (χ2n) is 5.78. The molecule has 0 bridgehead atoms. The summed E-state index contributed by atoms with van der Waals surface area (Å²) in [5.41, 5.74) is 0.0641. The van der Waals surface area contributed by atoms with Gasteiger partial charge >= 0.3 is 12.1 Å². The van der Waals surface area contributed by atoms with Crippen LogP contribution in [-0.4, -0.2) is 23.2 Å². The van der Waals surface area contributed by atoms with Gasteiger partial charge in [-0.05, 0) is 35.9 Å². The molecule has 0 aliphatic heterocycles. The quantitative estimate of drug-likeness (QED) is 0.589. The number of aromatic nitrogens is 2. The standard InChI is InChI=1S/C19H15F3N2O4/c1-26-15-7-5-13(6-8-15)18-23-16(28-24-18)11-27-17(25)10-12-3-2-4-14(9-12)19(20,21)22/h2-9H,10-11H2,1H3. The number of halogens is 3. The van der Waals surface area contributed by atoms with Gasteiger partial charge < -0.3 is 14.0 Å². The van der Waals surface area contributed by atoms with Crippen molar-refractivity contribution in [2.24, 2.45) is 0 Å². The second kappa shape index (κ2) is 8.12. The molecule has 0 aliphatic carbocycles. The van der Waals surface area contributed by atoms with Crippen LogP contribution in [0.15, 0.2) is 53.1 Å². The smallest absolute Gasteiger partial charge is 0.416 e. The molecule has 146 valence electrons. The molecule has 3 rings (SSSR count). The Kier molecular flexibility index (Phi) is 5.62. The molecule has 0 aliphatic rings. The number of hydrogen-bond acceptors (Lipinski definition) is 6. The van der Waals surface area contributed by atoms with Gasteiger partial charge in [0.25, 0.3) is 5.89 Å². The lowest BCUT2D eigenvalue weighted by Gasteiger charge is -2.08. The van der Waals surface area contributed by atoms with Gasteiger partial charge in [0.1, 0.15) is 5.75 Å². The summed E-state index contributed by atoms with van der Waals surface area (Å²) in [6.07, 6.45) is -4.77. The molecule has 0 atom stereocenters. The summed E-state index contributed by atoms with van der Waals surface area (Å²) >= 11 is 0. The number of benzene rings is 2. The Bertz CT molecular complexity index is 952. The van der Waals surface area contributed by atoms with Crippen LogP contribution in [0.2, 0.25) is 0 Å². The third kappa shape index (κ3) is 4.87. The Labute approximate surface area is 157 Å². The van der Waals surface area contributed by atoms with E-state index in [4.69, 9.17) is 14.0 Å². The topological polar surface area (TPSA) is 74.5 Å². The van der Waals surface area contributed by atoms with E-state index in [9.17, 15) is 18.0 Å². The molecule has 0 amide bonds. The Morgan fingerprint density at radius 3 is 2.57 bits per heavy atom. The summed E-state index contributed by atoms with van der Waals surface area (Å²) in [5.74, 6) is 0.356. The van der Waals surface area contributed by atoms with Crippen molar-refractivity contribution in [3.63, 3.8) is 0 Å². The maximum atomic E-state index is 12.7. The largest absolute Gasteiger partial charge is 0.497 e. The van der Waals surface area contributed by atoms with E-state index in [1.807, 2.05) is 0 Å². The van der Waals surface area contributed by atoms with Gasteiger partial charge in [0.05, 0.1) is 19.1 Å². The van der Waals surface area contributed by atoms with E-state index >= 15 is 0 Å². The third-order valence-corrected chi connectivity index (χ3v) is 3.78. The predicted octanol–water partition coefficient (Wildman–Crippen LogP) is 4.05. The minimum absolute atomic E-state index is 0.0724. The fourth-order valence-electron chi connectivity index (χ4n) is 2.39. The number of rotatable bonds is 6. The Hall–Kier alpha value is -3.36. The zero-order valence-corrected chi connectivity index (χ0v) is 14.7. The van der Waals surface area contributed by atoms with Gasteiger partial charge in [-0.15, -0.1) is 0 Å². The van der Waals surface area contributed by atoms with Gasteiger partial charge in [0.15, 0.2) is 6.61 Å². The molecule has 0 saturated carbocycles. The SMILES string of the molecule is COc1ccc(-c2noc(COC(=O)Cc3cccc(C(F)(F)F)c3)n2)cc1. The summed E-state index contributed by atoms with van der Waals surface area (Å²) in [7, 11) is 1.55. The van der Waals surface area contributed by atoms with Crippen molar-refractivity contribution in [1.29, 1.82) is 0 Å². The Morgan fingerprint density at radius 1 is 1.14 bits per heavy atom.